The van der Waals surface area contributed by atoms with E-state index in [0.717, 1.165) is 18.7 Å². The van der Waals surface area contributed by atoms with Gasteiger partial charge in [0.05, 0.1) is 0 Å². The first-order valence-electron chi connectivity index (χ1n) is 9.18. The molecular weight excluding hydrogens is 314 g/mol. The maximum Gasteiger partial charge on any atom is 0.224 e. The second-order valence-corrected chi connectivity index (χ2v) is 9.89. The molecule has 1 heterocycles. The molecule has 0 unspecified atom stereocenters. The predicted molar refractivity (Wildman–Crippen MR) is 105 cm³/mol. The van der Waals surface area contributed by atoms with Crippen molar-refractivity contribution in [3.8, 4) is 0 Å². The zero-order valence-electron chi connectivity index (χ0n) is 16.1. The number of carbonyl (C=O) groups excluding carboxylic acids is 1. The molecule has 1 aromatic carbocycles. The Hall–Kier alpha value is -0.960. The van der Waals surface area contributed by atoms with Gasteiger partial charge in [-0.15, -0.1) is 11.8 Å². The molecule has 24 heavy (non-hydrogen) atoms. The van der Waals surface area contributed by atoms with E-state index in [9.17, 15) is 4.79 Å². The molecule has 0 radical (unpaired) electrons. The Balaban J connectivity index is 2.03. The first-order chi connectivity index (χ1) is 11.2. The Kier molecular flexibility index (Phi) is 6.41. The first kappa shape index (κ1) is 19.4. The molecule has 2 nitrogen and oxygen atoms in total. The fourth-order valence-electron chi connectivity index (χ4n) is 3.58. The standard InChI is InChI=1S/C21H33NOS/c1-15(2)17-7-9-18(10-8-17)20-22(11-12-24-20)19(23)13-16(3)14-21(4,5)6/h7-10,15-16,20H,11-14H2,1-6H3/t16-,20+/m0/s1. The van der Waals surface area contributed by atoms with Gasteiger partial charge in [0.15, 0.2) is 0 Å². The van der Waals surface area contributed by atoms with E-state index in [2.05, 4.69) is 70.7 Å². The minimum Gasteiger partial charge on any atom is -0.326 e. The molecule has 1 aromatic rings. The van der Waals surface area contributed by atoms with Crippen LogP contribution >= 0.6 is 11.8 Å². The average Bonchev–Trinajstić information content (AvgIpc) is 2.94. The second-order valence-electron chi connectivity index (χ2n) is 8.71. The third-order valence-corrected chi connectivity index (χ3v) is 5.84. The molecule has 1 saturated heterocycles. The molecule has 1 aliphatic heterocycles. The molecule has 0 saturated carbocycles. The highest BCUT2D eigenvalue weighted by atomic mass is 32.2. The van der Waals surface area contributed by atoms with E-state index in [0.29, 0.717) is 24.2 Å². The van der Waals surface area contributed by atoms with Crippen molar-refractivity contribution in [1.82, 2.24) is 4.90 Å². The van der Waals surface area contributed by atoms with Gasteiger partial charge in [-0.1, -0.05) is 65.8 Å². The normalized spacial score (nSPS) is 19.8. The Bertz CT molecular complexity index is 544. The van der Waals surface area contributed by atoms with Crippen LogP contribution in [0.4, 0.5) is 0 Å². The van der Waals surface area contributed by atoms with Crippen molar-refractivity contribution in [2.45, 2.75) is 65.7 Å². The van der Waals surface area contributed by atoms with Crippen LogP contribution in [0.15, 0.2) is 24.3 Å². The van der Waals surface area contributed by atoms with Gasteiger partial charge in [-0.05, 0) is 34.8 Å². The van der Waals surface area contributed by atoms with E-state index >= 15 is 0 Å². The minimum atomic E-state index is 0.195. The van der Waals surface area contributed by atoms with Crippen LogP contribution < -0.4 is 0 Å². The second kappa shape index (κ2) is 7.95. The van der Waals surface area contributed by atoms with Crippen molar-refractivity contribution < 1.29 is 4.79 Å². The average molecular weight is 348 g/mol. The highest BCUT2D eigenvalue weighted by Crippen LogP contribution is 2.39. The summed E-state index contributed by atoms with van der Waals surface area (Å²) in [6, 6.07) is 8.84. The molecule has 1 aliphatic rings. The number of amides is 1. The van der Waals surface area contributed by atoms with E-state index in [1.165, 1.54) is 11.1 Å². The summed E-state index contributed by atoms with van der Waals surface area (Å²) >= 11 is 1.89. The number of rotatable bonds is 5. The first-order valence-corrected chi connectivity index (χ1v) is 10.2. The lowest BCUT2D eigenvalue weighted by atomic mass is 9.84. The molecule has 1 fully saturated rings. The molecule has 1 amide bonds. The number of carbonyl (C=O) groups is 1. The van der Waals surface area contributed by atoms with Gasteiger partial charge in [0.25, 0.3) is 0 Å². The van der Waals surface area contributed by atoms with E-state index < -0.39 is 0 Å². The minimum absolute atomic E-state index is 0.195. The quantitative estimate of drug-likeness (QED) is 0.666. The van der Waals surface area contributed by atoms with Crippen LogP contribution in [-0.2, 0) is 4.79 Å². The highest BCUT2D eigenvalue weighted by molar-refractivity contribution is 7.99. The maximum atomic E-state index is 12.8. The number of nitrogens with zero attached hydrogens (tertiary/aromatic N) is 1. The molecule has 134 valence electrons. The Labute approximate surface area is 152 Å². The number of hydrogen-bond donors (Lipinski definition) is 0. The van der Waals surface area contributed by atoms with E-state index in [4.69, 9.17) is 0 Å². The lowest BCUT2D eigenvalue weighted by Crippen LogP contribution is -2.32. The monoisotopic (exact) mass is 347 g/mol. The van der Waals surface area contributed by atoms with Crippen molar-refractivity contribution in [3.63, 3.8) is 0 Å². The molecule has 3 heteroatoms. The van der Waals surface area contributed by atoms with Crippen LogP contribution in [0, 0.1) is 11.3 Å². The molecule has 0 bridgehead atoms. The van der Waals surface area contributed by atoms with Crippen LogP contribution in [0.1, 0.15) is 76.8 Å². The van der Waals surface area contributed by atoms with Crippen molar-refractivity contribution in [1.29, 1.82) is 0 Å². The smallest absolute Gasteiger partial charge is 0.224 e. The Morgan fingerprint density at radius 3 is 2.38 bits per heavy atom. The van der Waals surface area contributed by atoms with Crippen LogP contribution in [0.3, 0.4) is 0 Å². The summed E-state index contributed by atoms with van der Waals surface area (Å²) in [6.45, 7) is 14.3. The number of benzene rings is 1. The van der Waals surface area contributed by atoms with Gasteiger partial charge in [0.1, 0.15) is 5.37 Å². The van der Waals surface area contributed by atoms with E-state index in [-0.39, 0.29) is 10.8 Å². The molecule has 0 aliphatic carbocycles. The molecule has 2 atom stereocenters. The molecule has 0 aromatic heterocycles. The highest BCUT2D eigenvalue weighted by Gasteiger charge is 2.31. The predicted octanol–water partition coefficient (Wildman–Crippen LogP) is 5.85. The summed E-state index contributed by atoms with van der Waals surface area (Å²) < 4.78 is 0. The van der Waals surface area contributed by atoms with Gasteiger partial charge in [-0.3, -0.25) is 4.79 Å². The summed E-state index contributed by atoms with van der Waals surface area (Å²) in [5.41, 5.74) is 2.91. The van der Waals surface area contributed by atoms with Crippen LogP contribution in [0.25, 0.3) is 0 Å². The van der Waals surface area contributed by atoms with Gasteiger partial charge in [0.2, 0.25) is 5.91 Å². The number of thioether (sulfide) groups is 1. The van der Waals surface area contributed by atoms with Gasteiger partial charge in [-0.25, -0.2) is 0 Å². The Morgan fingerprint density at radius 2 is 1.83 bits per heavy atom. The van der Waals surface area contributed by atoms with Gasteiger partial charge in [-0.2, -0.15) is 0 Å². The largest absolute Gasteiger partial charge is 0.326 e. The summed E-state index contributed by atoms with van der Waals surface area (Å²) in [5.74, 6) is 2.34. The van der Waals surface area contributed by atoms with Crippen LogP contribution in [0.5, 0.6) is 0 Å². The summed E-state index contributed by atoms with van der Waals surface area (Å²) in [5, 5.41) is 0.195. The summed E-state index contributed by atoms with van der Waals surface area (Å²) in [7, 11) is 0. The van der Waals surface area contributed by atoms with Crippen molar-refractivity contribution in [3.05, 3.63) is 35.4 Å². The zero-order chi connectivity index (χ0) is 17.9. The zero-order valence-corrected chi connectivity index (χ0v) is 17.0. The van der Waals surface area contributed by atoms with E-state index in [1.54, 1.807) is 0 Å². The topological polar surface area (TPSA) is 20.3 Å². The Morgan fingerprint density at radius 1 is 1.21 bits per heavy atom. The van der Waals surface area contributed by atoms with Crippen LogP contribution in [0.2, 0.25) is 0 Å². The molecule has 0 N–H and O–H groups in total. The van der Waals surface area contributed by atoms with E-state index in [1.807, 2.05) is 11.8 Å². The lowest BCUT2D eigenvalue weighted by molar-refractivity contribution is -0.132. The fourth-order valence-corrected chi connectivity index (χ4v) is 4.86. The van der Waals surface area contributed by atoms with Crippen molar-refractivity contribution in [2.24, 2.45) is 11.3 Å². The summed E-state index contributed by atoms with van der Waals surface area (Å²) in [6.07, 6.45) is 1.76. The van der Waals surface area contributed by atoms with Gasteiger partial charge >= 0.3 is 0 Å². The molecule has 2 rings (SSSR count). The molecule has 0 spiro atoms. The SMILES string of the molecule is CC(C)c1ccc([C@H]2SCCN2C(=O)C[C@H](C)CC(C)(C)C)cc1. The summed E-state index contributed by atoms with van der Waals surface area (Å²) in [4.78, 5) is 14.9. The lowest BCUT2D eigenvalue weighted by Gasteiger charge is -2.28. The fraction of sp³-hybridized carbons (Fsp3) is 0.667. The third-order valence-electron chi connectivity index (χ3n) is 4.58. The van der Waals surface area contributed by atoms with Crippen molar-refractivity contribution >= 4 is 17.7 Å². The third kappa shape index (κ3) is 5.27. The molecular formula is C21H33NOS. The van der Waals surface area contributed by atoms with Gasteiger partial charge < -0.3 is 4.90 Å². The number of hydrogen-bond acceptors (Lipinski definition) is 2. The van der Waals surface area contributed by atoms with Crippen molar-refractivity contribution in [2.75, 3.05) is 12.3 Å². The van der Waals surface area contributed by atoms with Crippen LogP contribution in [-0.4, -0.2) is 23.1 Å². The maximum absolute atomic E-state index is 12.8. The van der Waals surface area contributed by atoms with Gasteiger partial charge in [0, 0.05) is 18.7 Å².